The second-order valence-electron chi connectivity index (χ2n) is 5.72. The summed E-state index contributed by atoms with van der Waals surface area (Å²) in [7, 11) is -1.74. The smallest absolute Gasteiger partial charge is 0.237 e. The van der Waals surface area contributed by atoms with Crippen molar-refractivity contribution in [3.8, 4) is 0 Å². The Morgan fingerprint density at radius 1 is 0.923 bits per heavy atom. The van der Waals surface area contributed by atoms with Crippen molar-refractivity contribution in [3.05, 3.63) is 59.2 Å². The molecular weight excluding hydrogens is 362 g/mol. The van der Waals surface area contributed by atoms with Crippen LogP contribution in [0.3, 0.4) is 0 Å². The highest BCUT2D eigenvalue weighted by molar-refractivity contribution is 7.86. The first-order valence-electron chi connectivity index (χ1n) is 7.72. The molecule has 0 fully saturated rings. The monoisotopic (exact) mass is 380 g/mol. The molecule has 0 saturated heterocycles. The summed E-state index contributed by atoms with van der Waals surface area (Å²) in [6.07, 6.45) is 0. The molecule has 0 spiro atoms. The topological polar surface area (TPSA) is 75.3 Å². The molecule has 0 heterocycles. The highest BCUT2D eigenvalue weighted by Crippen LogP contribution is 2.19. The molecule has 26 heavy (non-hydrogen) atoms. The number of carbonyl (C=O) groups is 2. The fourth-order valence-electron chi connectivity index (χ4n) is 2.30. The van der Waals surface area contributed by atoms with Gasteiger partial charge in [-0.1, -0.05) is 18.2 Å². The maximum Gasteiger partial charge on any atom is 0.237 e. The first-order valence-corrected chi connectivity index (χ1v) is 9.21. The molecule has 1 atom stereocenters. The Kier molecular flexibility index (Phi) is 6.57. The van der Waals surface area contributed by atoms with E-state index < -0.39 is 40.0 Å². The normalized spacial score (nSPS) is 11.7. The van der Waals surface area contributed by atoms with Gasteiger partial charge in [0.25, 0.3) is 0 Å². The van der Waals surface area contributed by atoms with E-state index in [-0.39, 0.29) is 11.4 Å². The molecule has 2 rings (SSSR count). The Morgan fingerprint density at radius 3 is 2.08 bits per heavy atom. The van der Waals surface area contributed by atoms with Crippen LogP contribution in [-0.2, 0) is 20.4 Å². The van der Waals surface area contributed by atoms with E-state index in [1.54, 1.807) is 0 Å². The van der Waals surface area contributed by atoms with Crippen LogP contribution < -0.4 is 10.6 Å². The fourth-order valence-corrected chi connectivity index (χ4v) is 3.13. The Morgan fingerprint density at radius 2 is 1.50 bits per heavy atom. The molecule has 0 saturated carbocycles. The van der Waals surface area contributed by atoms with E-state index >= 15 is 0 Å². The molecule has 0 aliphatic carbocycles. The lowest BCUT2D eigenvalue weighted by Crippen LogP contribution is -2.26. The van der Waals surface area contributed by atoms with Gasteiger partial charge in [-0.3, -0.25) is 13.8 Å². The minimum atomic E-state index is -1.74. The zero-order chi connectivity index (χ0) is 19.3. The van der Waals surface area contributed by atoms with E-state index in [2.05, 4.69) is 10.6 Å². The molecular formula is C18H18F2N2O3S. The van der Waals surface area contributed by atoms with Gasteiger partial charge < -0.3 is 10.6 Å². The number of anilines is 2. The average molecular weight is 380 g/mol. The van der Waals surface area contributed by atoms with Crippen LogP contribution in [0.2, 0.25) is 0 Å². The highest BCUT2D eigenvalue weighted by atomic mass is 32.2. The molecule has 2 aromatic carbocycles. The van der Waals surface area contributed by atoms with Crippen molar-refractivity contribution in [1.82, 2.24) is 0 Å². The first-order chi connectivity index (χ1) is 12.3. The fraction of sp³-hybridized carbons (Fsp3) is 0.222. The van der Waals surface area contributed by atoms with E-state index in [4.69, 9.17) is 0 Å². The zero-order valence-corrected chi connectivity index (χ0v) is 15.1. The van der Waals surface area contributed by atoms with Gasteiger partial charge in [0.05, 0.1) is 0 Å². The third-order valence-corrected chi connectivity index (χ3v) is 4.70. The van der Waals surface area contributed by atoms with Crippen LogP contribution in [0.4, 0.5) is 20.2 Å². The van der Waals surface area contributed by atoms with Crippen molar-refractivity contribution in [3.63, 3.8) is 0 Å². The zero-order valence-electron chi connectivity index (χ0n) is 14.3. The number of hydrogen-bond acceptors (Lipinski definition) is 3. The van der Waals surface area contributed by atoms with Gasteiger partial charge >= 0.3 is 0 Å². The summed E-state index contributed by atoms with van der Waals surface area (Å²) in [6, 6.07) is 8.43. The van der Waals surface area contributed by atoms with Gasteiger partial charge in [0.1, 0.15) is 11.5 Å². The number of nitrogens with one attached hydrogen (secondary N) is 2. The number of para-hydroxylation sites is 1. The van der Waals surface area contributed by atoms with Crippen LogP contribution in [0.15, 0.2) is 36.4 Å². The summed E-state index contributed by atoms with van der Waals surface area (Å²) < 4.78 is 37.9. The van der Waals surface area contributed by atoms with Crippen molar-refractivity contribution in [2.24, 2.45) is 0 Å². The van der Waals surface area contributed by atoms with Crippen molar-refractivity contribution in [2.45, 2.75) is 13.8 Å². The molecule has 0 radical (unpaired) electrons. The second kappa shape index (κ2) is 8.66. The highest BCUT2D eigenvalue weighted by Gasteiger charge is 2.15. The van der Waals surface area contributed by atoms with Crippen LogP contribution in [0.1, 0.15) is 11.1 Å². The van der Waals surface area contributed by atoms with Crippen LogP contribution >= 0.6 is 0 Å². The quantitative estimate of drug-likeness (QED) is 0.809. The van der Waals surface area contributed by atoms with Crippen LogP contribution in [0.25, 0.3) is 0 Å². The predicted molar refractivity (Wildman–Crippen MR) is 97.4 cm³/mol. The number of hydrogen-bond donors (Lipinski definition) is 2. The SMILES string of the molecule is Cc1cccc(C)c1NC(=O)C[S@@](=O)CC(=O)Nc1ccc(F)c(F)c1. The van der Waals surface area contributed by atoms with Crippen molar-refractivity contribution >= 4 is 34.0 Å². The third-order valence-electron chi connectivity index (χ3n) is 3.53. The van der Waals surface area contributed by atoms with Crippen LogP contribution in [-0.4, -0.2) is 27.5 Å². The number of halogens is 2. The lowest BCUT2D eigenvalue weighted by molar-refractivity contribution is -0.114. The molecule has 2 amide bonds. The minimum absolute atomic E-state index is 0.0471. The van der Waals surface area contributed by atoms with E-state index in [1.807, 2.05) is 32.0 Å². The van der Waals surface area contributed by atoms with Crippen LogP contribution in [0, 0.1) is 25.5 Å². The summed E-state index contributed by atoms with van der Waals surface area (Å²) >= 11 is 0. The van der Waals surface area contributed by atoms with Gasteiger partial charge in [-0.25, -0.2) is 8.78 Å². The number of rotatable bonds is 6. The predicted octanol–water partition coefficient (Wildman–Crippen LogP) is 2.91. The van der Waals surface area contributed by atoms with E-state index in [0.717, 1.165) is 23.3 Å². The van der Waals surface area contributed by atoms with Gasteiger partial charge in [-0.2, -0.15) is 0 Å². The second-order valence-corrected chi connectivity index (χ2v) is 7.18. The summed E-state index contributed by atoms with van der Waals surface area (Å²) in [5, 5.41) is 5.00. The van der Waals surface area contributed by atoms with E-state index in [0.29, 0.717) is 5.69 Å². The first kappa shape index (κ1) is 19.7. The molecule has 2 aromatic rings. The largest absolute Gasteiger partial charge is 0.325 e. The Hall–Kier alpha value is -2.61. The lowest BCUT2D eigenvalue weighted by Gasteiger charge is -2.11. The Labute approximate surface area is 152 Å². The minimum Gasteiger partial charge on any atom is -0.325 e. The Bertz CT molecular complexity index is 851. The molecule has 138 valence electrons. The van der Waals surface area contributed by atoms with Gasteiger partial charge in [-0.05, 0) is 37.1 Å². The van der Waals surface area contributed by atoms with Gasteiger partial charge in [0.15, 0.2) is 11.6 Å². The molecule has 0 bridgehead atoms. The molecule has 0 aliphatic heterocycles. The van der Waals surface area contributed by atoms with E-state index in [9.17, 15) is 22.6 Å². The van der Waals surface area contributed by atoms with Crippen molar-refractivity contribution in [1.29, 1.82) is 0 Å². The molecule has 2 N–H and O–H groups in total. The molecule has 0 aromatic heterocycles. The number of amides is 2. The van der Waals surface area contributed by atoms with Crippen LogP contribution in [0.5, 0.6) is 0 Å². The van der Waals surface area contributed by atoms with Gasteiger partial charge in [-0.15, -0.1) is 0 Å². The summed E-state index contributed by atoms with van der Waals surface area (Å²) in [4.78, 5) is 23.8. The van der Waals surface area contributed by atoms with Gasteiger partial charge in [0, 0.05) is 28.2 Å². The lowest BCUT2D eigenvalue weighted by atomic mass is 10.1. The summed E-state index contributed by atoms with van der Waals surface area (Å²) in [6.45, 7) is 3.68. The summed E-state index contributed by atoms with van der Waals surface area (Å²) in [5.74, 6) is -4.04. The maximum absolute atomic E-state index is 13.1. The average Bonchev–Trinajstić information content (AvgIpc) is 2.54. The maximum atomic E-state index is 13.1. The summed E-state index contributed by atoms with van der Waals surface area (Å²) in [5.41, 5.74) is 2.45. The third kappa shape index (κ3) is 5.45. The van der Waals surface area contributed by atoms with Crippen molar-refractivity contribution < 1.29 is 22.6 Å². The molecule has 8 heteroatoms. The number of carbonyl (C=O) groups excluding carboxylic acids is 2. The molecule has 5 nitrogen and oxygen atoms in total. The number of benzene rings is 2. The van der Waals surface area contributed by atoms with Crippen molar-refractivity contribution in [2.75, 3.05) is 22.1 Å². The molecule has 0 aliphatic rings. The number of aryl methyl sites for hydroxylation is 2. The molecule has 0 unspecified atom stereocenters. The van der Waals surface area contributed by atoms with Gasteiger partial charge in [0.2, 0.25) is 11.8 Å². The standard InChI is InChI=1S/C18H18F2N2O3S/c1-11-4-3-5-12(2)18(11)22-17(24)10-26(25)9-16(23)21-13-6-7-14(19)15(20)8-13/h3-8H,9-10H2,1-2H3,(H,21,23)(H,22,24)/t26-/m0/s1. The van der Waals surface area contributed by atoms with E-state index in [1.165, 1.54) is 6.07 Å². The Balaban J connectivity index is 1.88.